The molecule has 3 heteroatoms. The first-order valence-electron chi connectivity index (χ1n) is 22.4. The van der Waals surface area contributed by atoms with Crippen LogP contribution in [0.2, 0.25) is 0 Å². The summed E-state index contributed by atoms with van der Waals surface area (Å²) in [5, 5.41) is 4.64. The van der Waals surface area contributed by atoms with E-state index in [0.29, 0.717) is 5.89 Å². The number of rotatable bonds is 9. The molecule has 0 aliphatic rings. The fraction of sp³-hybridized carbons (Fsp3) is 0. The maximum Gasteiger partial charge on any atom is 0.227 e. The first-order valence-corrected chi connectivity index (χ1v) is 22.4. The van der Waals surface area contributed by atoms with Gasteiger partial charge in [0.15, 0.2) is 5.58 Å². The molecule has 0 aliphatic carbocycles. The molecule has 12 aromatic rings. The molecule has 0 saturated carbocycles. The van der Waals surface area contributed by atoms with Crippen LogP contribution in [-0.4, -0.2) is 4.98 Å². The molecule has 66 heavy (non-hydrogen) atoms. The van der Waals surface area contributed by atoms with Crippen molar-refractivity contribution in [3.8, 4) is 67.1 Å². The van der Waals surface area contributed by atoms with Crippen LogP contribution < -0.4 is 4.90 Å². The lowest BCUT2D eigenvalue weighted by Crippen LogP contribution is -2.12. The molecule has 1 aromatic heterocycles. The van der Waals surface area contributed by atoms with Crippen LogP contribution >= 0.6 is 0 Å². The van der Waals surface area contributed by atoms with Gasteiger partial charge >= 0.3 is 0 Å². The minimum atomic E-state index is 0.625. The van der Waals surface area contributed by atoms with E-state index in [1.54, 1.807) is 0 Å². The molecule has 11 aromatic carbocycles. The molecule has 0 N–H and O–H groups in total. The Hall–Kier alpha value is -8.79. The lowest BCUT2D eigenvalue weighted by molar-refractivity contribution is 0.620. The monoisotopic (exact) mass is 842 g/mol. The third-order valence-electron chi connectivity index (χ3n) is 12.7. The Balaban J connectivity index is 1.04. The van der Waals surface area contributed by atoms with Crippen molar-refractivity contribution in [2.45, 2.75) is 0 Å². The minimum absolute atomic E-state index is 0.625. The Labute approximate surface area is 384 Å². The zero-order chi connectivity index (χ0) is 43.8. The van der Waals surface area contributed by atoms with Crippen LogP contribution in [0.5, 0.6) is 0 Å². The van der Waals surface area contributed by atoms with Crippen molar-refractivity contribution in [3.63, 3.8) is 0 Å². The molecule has 0 atom stereocenters. The van der Waals surface area contributed by atoms with Gasteiger partial charge in [-0.25, -0.2) is 4.98 Å². The number of hydrogen-bond donors (Lipinski definition) is 0. The van der Waals surface area contributed by atoms with Crippen LogP contribution in [0.15, 0.2) is 259 Å². The second-order valence-corrected chi connectivity index (χ2v) is 16.6. The summed E-state index contributed by atoms with van der Waals surface area (Å²) in [4.78, 5) is 7.47. The van der Waals surface area contributed by atoms with E-state index in [4.69, 9.17) is 9.40 Å². The zero-order valence-corrected chi connectivity index (χ0v) is 36.1. The molecule has 0 fully saturated rings. The third kappa shape index (κ3) is 7.00. The van der Waals surface area contributed by atoms with Gasteiger partial charge in [0.25, 0.3) is 0 Å². The lowest BCUT2D eigenvalue weighted by Gasteiger charge is -2.31. The molecule has 310 valence electrons. The van der Waals surface area contributed by atoms with Crippen molar-refractivity contribution in [2.75, 3.05) is 4.90 Å². The third-order valence-corrected chi connectivity index (χ3v) is 12.7. The predicted molar refractivity (Wildman–Crippen MR) is 276 cm³/mol. The number of aromatic nitrogens is 1. The van der Waals surface area contributed by atoms with Crippen molar-refractivity contribution < 1.29 is 4.42 Å². The topological polar surface area (TPSA) is 29.3 Å². The van der Waals surface area contributed by atoms with Crippen LogP contribution in [0.1, 0.15) is 0 Å². The highest BCUT2D eigenvalue weighted by Gasteiger charge is 2.23. The van der Waals surface area contributed by atoms with Crippen molar-refractivity contribution in [1.29, 1.82) is 0 Å². The van der Waals surface area contributed by atoms with Gasteiger partial charge in [0, 0.05) is 27.8 Å². The molecular formula is C63H42N2O. The van der Waals surface area contributed by atoms with Crippen LogP contribution in [0.25, 0.3) is 99.7 Å². The van der Waals surface area contributed by atoms with E-state index in [1.807, 2.05) is 30.3 Å². The average Bonchev–Trinajstić information content (AvgIpc) is 3.85. The Morgan fingerprint density at radius 3 is 1.56 bits per heavy atom. The molecular weight excluding hydrogens is 801 g/mol. The number of anilines is 3. The van der Waals surface area contributed by atoms with Gasteiger partial charge in [-0.05, 0) is 115 Å². The van der Waals surface area contributed by atoms with Crippen LogP contribution in [0.4, 0.5) is 17.1 Å². The van der Waals surface area contributed by atoms with Gasteiger partial charge in [0.05, 0.1) is 11.4 Å². The van der Waals surface area contributed by atoms with E-state index >= 15 is 0 Å². The molecule has 0 aliphatic heterocycles. The number of hydrogen-bond acceptors (Lipinski definition) is 3. The Morgan fingerprint density at radius 2 is 0.818 bits per heavy atom. The van der Waals surface area contributed by atoms with Crippen LogP contribution in [-0.2, 0) is 0 Å². The van der Waals surface area contributed by atoms with E-state index in [2.05, 4.69) is 229 Å². The quantitative estimate of drug-likeness (QED) is 0.145. The Kier molecular flexibility index (Phi) is 9.85. The van der Waals surface area contributed by atoms with Gasteiger partial charge < -0.3 is 9.32 Å². The van der Waals surface area contributed by atoms with Crippen LogP contribution in [0.3, 0.4) is 0 Å². The summed E-state index contributed by atoms with van der Waals surface area (Å²) in [5.41, 5.74) is 17.3. The summed E-state index contributed by atoms with van der Waals surface area (Å²) >= 11 is 0. The fourth-order valence-corrected chi connectivity index (χ4v) is 9.63. The van der Waals surface area contributed by atoms with Gasteiger partial charge in [-0.15, -0.1) is 0 Å². The molecule has 12 rings (SSSR count). The predicted octanol–water partition coefficient (Wildman–Crippen LogP) is 17.6. The summed E-state index contributed by atoms with van der Waals surface area (Å²) in [7, 11) is 0. The molecule has 1 heterocycles. The smallest absolute Gasteiger partial charge is 0.227 e. The first kappa shape index (κ1) is 38.9. The highest BCUT2D eigenvalue weighted by molar-refractivity contribution is 6.10. The number of fused-ring (bicyclic) bond motifs is 4. The van der Waals surface area contributed by atoms with Gasteiger partial charge in [-0.2, -0.15) is 0 Å². The fourth-order valence-electron chi connectivity index (χ4n) is 9.63. The van der Waals surface area contributed by atoms with Gasteiger partial charge in [0.2, 0.25) is 5.89 Å². The van der Waals surface area contributed by atoms with Crippen molar-refractivity contribution in [1.82, 2.24) is 4.98 Å². The maximum absolute atomic E-state index is 6.29. The normalized spacial score (nSPS) is 11.3. The summed E-state index contributed by atoms with van der Waals surface area (Å²) in [6.45, 7) is 0. The molecule has 0 unspecified atom stereocenters. The van der Waals surface area contributed by atoms with Crippen LogP contribution in [0, 0.1) is 0 Å². The highest BCUT2D eigenvalue weighted by atomic mass is 16.3. The summed E-state index contributed by atoms with van der Waals surface area (Å²) in [6.07, 6.45) is 0. The number of benzene rings is 11. The molecule has 0 saturated heterocycles. The highest BCUT2D eigenvalue weighted by Crippen LogP contribution is 2.48. The van der Waals surface area contributed by atoms with Gasteiger partial charge in [-0.3, -0.25) is 0 Å². The van der Waals surface area contributed by atoms with E-state index in [0.717, 1.165) is 83.4 Å². The Bertz CT molecular complexity index is 3700. The molecule has 0 radical (unpaired) electrons. The second kappa shape index (κ2) is 16.7. The zero-order valence-electron chi connectivity index (χ0n) is 36.1. The van der Waals surface area contributed by atoms with Crippen molar-refractivity contribution in [3.05, 3.63) is 255 Å². The molecule has 0 bridgehead atoms. The molecule has 3 nitrogen and oxygen atoms in total. The van der Waals surface area contributed by atoms with E-state index < -0.39 is 0 Å². The van der Waals surface area contributed by atoms with E-state index in [1.165, 1.54) is 27.5 Å². The first-order chi connectivity index (χ1) is 32.7. The summed E-state index contributed by atoms with van der Waals surface area (Å²) in [5.74, 6) is 0.625. The average molecular weight is 843 g/mol. The summed E-state index contributed by atoms with van der Waals surface area (Å²) < 4.78 is 6.29. The van der Waals surface area contributed by atoms with E-state index in [-0.39, 0.29) is 0 Å². The SMILES string of the molecule is c1ccc(-c2nc3c(ccc4c(-c5cccc(-c6ccccc6N(c6ccc(-c7cccc8ccccc78)c(-c7ccccc7)c6)c6ccccc6-c6ccccc6)c5)cccc43)o2)cc1. The van der Waals surface area contributed by atoms with Gasteiger partial charge in [0.1, 0.15) is 5.52 Å². The Morgan fingerprint density at radius 1 is 0.303 bits per heavy atom. The number of para-hydroxylation sites is 2. The van der Waals surface area contributed by atoms with E-state index in [9.17, 15) is 0 Å². The maximum atomic E-state index is 6.29. The summed E-state index contributed by atoms with van der Waals surface area (Å²) in [6, 6.07) is 91.1. The van der Waals surface area contributed by atoms with Crippen molar-refractivity contribution >= 4 is 49.7 Å². The molecule has 0 spiro atoms. The lowest BCUT2D eigenvalue weighted by atomic mass is 9.90. The standard InChI is InChI=1S/C63H42N2O/c1-4-19-44(20-5-1)52-30-12-14-35-59(52)65(49-37-38-56(58(42-49)45-21-6-2-7-22-45)54-33-17-26-43-23-10-11-29-50(43)54)60-36-15-13-31-53(60)48-28-16-27-47(41-48)51-32-18-34-57-55(51)39-40-61-62(57)64-63(66-61)46-24-8-3-9-25-46/h1-42H. The number of oxazole rings is 1. The largest absolute Gasteiger partial charge is 0.436 e. The molecule has 0 amide bonds. The minimum Gasteiger partial charge on any atom is -0.436 e. The second-order valence-electron chi connectivity index (χ2n) is 16.6. The van der Waals surface area contributed by atoms with Crippen molar-refractivity contribution in [2.24, 2.45) is 0 Å². The van der Waals surface area contributed by atoms with Gasteiger partial charge in [-0.1, -0.05) is 200 Å². The number of nitrogens with zero attached hydrogens (tertiary/aromatic N) is 2.